The predicted octanol–water partition coefficient (Wildman–Crippen LogP) is 2.18. The van der Waals surface area contributed by atoms with Crippen LogP contribution in [0.5, 0.6) is 0 Å². The van der Waals surface area contributed by atoms with Crippen LogP contribution in [0, 0.1) is 16.7 Å². The Balaban J connectivity index is 2.41. The van der Waals surface area contributed by atoms with Crippen molar-refractivity contribution in [1.29, 1.82) is 0 Å². The summed E-state index contributed by atoms with van der Waals surface area (Å²) in [6.45, 7) is 4.41. The first-order valence-electron chi connectivity index (χ1n) is 4.26. The molecule has 0 N–H and O–H groups in total. The van der Waals surface area contributed by atoms with Gasteiger partial charge in [0.25, 0.3) is 0 Å². The van der Waals surface area contributed by atoms with E-state index in [0.29, 0.717) is 0 Å². The second kappa shape index (κ2) is 1.77. The highest BCUT2D eigenvalue weighted by molar-refractivity contribution is 5.67. The highest BCUT2D eigenvalue weighted by atomic mass is 16.1. The third-order valence-electron chi connectivity index (χ3n) is 3.85. The molecule has 0 aromatic rings. The molecule has 2 atom stereocenters. The molecule has 0 aliphatic heterocycles. The fraction of sp³-hybridized carbons (Fsp3) is 0.700. The lowest BCUT2D eigenvalue weighted by Gasteiger charge is -2.60. The zero-order chi connectivity index (χ0) is 8.11. The summed E-state index contributed by atoms with van der Waals surface area (Å²) in [6, 6.07) is 0. The summed E-state index contributed by atoms with van der Waals surface area (Å²) in [5.74, 6) is 0.748. The van der Waals surface area contributed by atoms with Crippen molar-refractivity contribution in [3.63, 3.8) is 0 Å². The Hall–Kier alpha value is -0.590. The Kier molecular flexibility index (Phi) is 1.14. The topological polar surface area (TPSA) is 17.1 Å². The first-order valence-corrected chi connectivity index (χ1v) is 4.26. The molecule has 0 saturated heterocycles. The summed E-state index contributed by atoms with van der Waals surface area (Å²) in [7, 11) is 0. The normalized spacial score (nSPS) is 44.7. The molecule has 1 heteroatoms. The van der Waals surface area contributed by atoms with Crippen LogP contribution in [0.25, 0.3) is 0 Å². The first-order chi connectivity index (χ1) is 5.12. The van der Waals surface area contributed by atoms with Gasteiger partial charge in [-0.25, -0.2) is 0 Å². The van der Waals surface area contributed by atoms with E-state index in [1.807, 2.05) is 0 Å². The van der Waals surface area contributed by atoms with Gasteiger partial charge in [0.1, 0.15) is 6.29 Å². The molecule has 0 amide bonds. The van der Waals surface area contributed by atoms with E-state index in [1.54, 1.807) is 0 Å². The van der Waals surface area contributed by atoms with Crippen LogP contribution in [0.4, 0.5) is 0 Å². The quantitative estimate of drug-likeness (QED) is 0.413. The van der Waals surface area contributed by atoms with Crippen molar-refractivity contribution in [3.8, 4) is 0 Å². The van der Waals surface area contributed by atoms with Gasteiger partial charge in [-0.15, -0.1) is 0 Å². The van der Waals surface area contributed by atoms with E-state index in [-0.39, 0.29) is 10.8 Å². The van der Waals surface area contributed by atoms with Crippen molar-refractivity contribution in [2.45, 2.75) is 26.7 Å². The van der Waals surface area contributed by atoms with Crippen LogP contribution in [-0.2, 0) is 4.79 Å². The summed E-state index contributed by atoms with van der Waals surface area (Å²) >= 11 is 0. The number of hydrogen-bond acceptors (Lipinski definition) is 1. The monoisotopic (exact) mass is 150 g/mol. The smallest absolute Gasteiger partial charge is 0.130 e. The molecule has 2 bridgehead atoms. The maximum absolute atomic E-state index is 10.9. The van der Waals surface area contributed by atoms with Crippen molar-refractivity contribution in [3.05, 3.63) is 12.2 Å². The zero-order valence-electron chi connectivity index (χ0n) is 7.13. The van der Waals surface area contributed by atoms with Gasteiger partial charge in [-0.2, -0.15) is 0 Å². The molecule has 0 aromatic heterocycles. The molecule has 1 nitrogen and oxygen atoms in total. The average Bonchev–Trinajstić information content (AvgIpc) is 2.04. The van der Waals surface area contributed by atoms with Crippen LogP contribution in [0.1, 0.15) is 26.7 Å². The highest BCUT2D eigenvalue weighted by Crippen LogP contribution is 2.63. The fourth-order valence-electron chi connectivity index (χ4n) is 2.52. The number of fused-ring (bicyclic) bond motifs is 1. The minimum atomic E-state index is -0.101. The molecule has 60 valence electrons. The summed E-state index contributed by atoms with van der Waals surface area (Å²) in [6.07, 6.45) is 7.66. The SMILES string of the molecule is CC1(C)C2CC=CC1(C=O)C2. The molecule has 1 fully saturated rings. The van der Waals surface area contributed by atoms with Crippen molar-refractivity contribution in [2.75, 3.05) is 0 Å². The van der Waals surface area contributed by atoms with Crippen LogP contribution < -0.4 is 0 Å². The molecular weight excluding hydrogens is 136 g/mol. The van der Waals surface area contributed by atoms with Gasteiger partial charge in [0, 0.05) is 5.41 Å². The second-order valence-corrected chi connectivity index (χ2v) is 4.42. The number of aldehydes is 1. The van der Waals surface area contributed by atoms with E-state index >= 15 is 0 Å². The molecule has 1 saturated carbocycles. The van der Waals surface area contributed by atoms with Crippen molar-refractivity contribution in [2.24, 2.45) is 16.7 Å². The number of carbonyl (C=O) groups excluding carboxylic acids is 1. The third-order valence-corrected chi connectivity index (χ3v) is 3.85. The number of allylic oxidation sites excluding steroid dienone is 2. The van der Waals surface area contributed by atoms with Crippen LogP contribution in [-0.4, -0.2) is 6.29 Å². The summed E-state index contributed by atoms with van der Waals surface area (Å²) < 4.78 is 0. The predicted molar refractivity (Wildman–Crippen MR) is 44.1 cm³/mol. The van der Waals surface area contributed by atoms with Crippen LogP contribution in [0.2, 0.25) is 0 Å². The van der Waals surface area contributed by atoms with E-state index in [9.17, 15) is 4.79 Å². The largest absolute Gasteiger partial charge is 0.302 e. The lowest BCUT2D eigenvalue weighted by molar-refractivity contribution is -0.141. The van der Waals surface area contributed by atoms with Gasteiger partial charge in [0.15, 0.2) is 0 Å². The maximum Gasteiger partial charge on any atom is 0.130 e. The highest BCUT2D eigenvalue weighted by Gasteiger charge is 2.59. The number of carbonyl (C=O) groups is 1. The van der Waals surface area contributed by atoms with Crippen LogP contribution in [0.3, 0.4) is 0 Å². The van der Waals surface area contributed by atoms with Gasteiger partial charge < -0.3 is 4.79 Å². The van der Waals surface area contributed by atoms with Gasteiger partial charge in [-0.3, -0.25) is 0 Å². The Morgan fingerprint density at radius 1 is 1.55 bits per heavy atom. The maximum atomic E-state index is 10.9. The van der Waals surface area contributed by atoms with Crippen molar-refractivity contribution in [1.82, 2.24) is 0 Å². The van der Waals surface area contributed by atoms with Gasteiger partial charge in [-0.1, -0.05) is 26.0 Å². The molecule has 0 spiro atoms. The molecule has 0 aromatic carbocycles. The van der Waals surface area contributed by atoms with Crippen molar-refractivity contribution < 1.29 is 4.79 Å². The molecule has 3 aliphatic rings. The molecular formula is C10H14O. The number of rotatable bonds is 1. The van der Waals surface area contributed by atoms with E-state index < -0.39 is 0 Å². The number of hydrogen-bond donors (Lipinski definition) is 0. The van der Waals surface area contributed by atoms with E-state index in [0.717, 1.165) is 18.6 Å². The molecule has 11 heavy (non-hydrogen) atoms. The van der Waals surface area contributed by atoms with Gasteiger partial charge >= 0.3 is 0 Å². The molecule has 2 unspecified atom stereocenters. The fourth-order valence-corrected chi connectivity index (χ4v) is 2.52. The Labute approximate surface area is 67.5 Å². The van der Waals surface area contributed by atoms with Crippen LogP contribution >= 0.6 is 0 Å². The van der Waals surface area contributed by atoms with E-state index in [4.69, 9.17) is 0 Å². The molecule has 3 rings (SSSR count). The lowest BCUT2D eigenvalue weighted by Crippen LogP contribution is -2.56. The molecule has 0 heterocycles. The van der Waals surface area contributed by atoms with Gasteiger partial charge in [-0.05, 0) is 24.2 Å². The average molecular weight is 150 g/mol. The lowest BCUT2D eigenvalue weighted by atomic mass is 9.43. The Morgan fingerprint density at radius 2 is 2.27 bits per heavy atom. The van der Waals surface area contributed by atoms with Crippen molar-refractivity contribution >= 4 is 6.29 Å². The van der Waals surface area contributed by atoms with E-state index in [2.05, 4.69) is 26.0 Å². The molecule has 0 radical (unpaired) electrons. The van der Waals surface area contributed by atoms with Gasteiger partial charge in [0.05, 0.1) is 0 Å². The summed E-state index contributed by atoms with van der Waals surface area (Å²) in [4.78, 5) is 10.9. The van der Waals surface area contributed by atoms with Gasteiger partial charge in [0.2, 0.25) is 0 Å². The Morgan fingerprint density at radius 3 is 2.64 bits per heavy atom. The minimum absolute atomic E-state index is 0.101. The Bertz CT molecular complexity index is 227. The van der Waals surface area contributed by atoms with Crippen LogP contribution in [0.15, 0.2) is 12.2 Å². The third kappa shape index (κ3) is 0.597. The summed E-state index contributed by atoms with van der Waals surface area (Å²) in [5, 5.41) is 0. The summed E-state index contributed by atoms with van der Waals surface area (Å²) in [5.41, 5.74) is 0.124. The van der Waals surface area contributed by atoms with E-state index in [1.165, 1.54) is 6.42 Å². The minimum Gasteiger partial charge on any atom is -0.302 e. The standard InChI is InChI=1S/C10H14O/c1-9(2)8-4-3-5-10(9,6-8)7-11/h3,5,7-8H,4,6H2,1-2H3. The molecule has 3 aliphatic carbocycles. The second-order valence-electron chi connectivity index (χ2n) is 4.42. The zero-order valence-corrected chi connectivity index (χ0v) is 7.13. The first kappa shape index (κ1) is 7.08.